The molecule has 0 unspecified atom stereocenters. The topological polar surface area (TPSA) is 30.5 Å². The summed E-state index contributed by atoms with van der Waals surface area (Å²) in [5.41, 5.74) is 0. The van der Waals surface area contributed by atoms with Gasteiger partial charge in [0.15, 0.2) is 0 Å². The molecule has 0 bridgehead atoms. The SMILES string of the molecule is CC.CCCCOCCOCCNCC(C)C. The van der Waals surface area contributed by atoms with E-state index in [2.05, 4.69) is 26.1 Å². The van der Waals surface area contributed by atoms with Gasteiger partial charge in [0.2, 0.25) is 0 Å². The molecule has 0 rings (SSSR count). The third kappa shape index (κ3) is 21.7. The van der Waals surface area contributed by atoms with E-state index < -0.39 is 0 Å². The third-order valence-electron chi connectivity index (χ3n) is 1.99. The Hall–Kier alpha value is -0.120. The van der Waals surface area contributed by atoms with Crippen molar-refractivity contribution in [1.82, 2.24) is 5.32 Å². The molecule has 0 fully saturated rings. The first kappa shape index (κ1) is 19.2. The van der Waals surface area contributed by atoms with Gasteiger partial charge in [-0.3, -0.25) is 0 Å². The smallest absolute Gasteiger partial charge is 0.0701 e. The predicted molar refractivity (Wildman–Crippen MR) is 75.6 cm³/mol. The van der Waals surface area contributed by atoms with Crippen molar-refractivity contribution in [2.75, 3.05) is 39.5 Å². The molecule has 1 N–H and O–H groups in total. The van der Waals surface area contributed by atoms with E-state index >= 15 is 0 Å². The van der Waals surface area contributed by atoms with Crippen LogP contribution >= 0.6 is 0 Å². The summed E-state index contributed by atoms with van der Waals surface area (Å²) in [6, 6.07) is 0. The van der Waals surface area contributed by atoms with E-state index in [9.17, 15) is 0 Å². The minimum atomic E-state index is 0.711. The van der Waals surface area contributed by atoms with Gasteiger partial charge in [-0.25, -0.2) is 0 Å². The van der Waals surface area contributed by atoms with Gasteiger partial charge in [0, 0.05) is 13.2 Å². The van der Waals surface area contributed by atoms with Crippen LogP contribution in [0.25, 0.3) is 0 Å². The van der Waals surface area contributed by atoms with Gasteiger partial charge in [-0.1, -0.05) is 41.0 Å². The minimum absolute atomic E-state index is 0.711. The van der Waals surface area contributed by atoms with Gasteiger partial charge in [0.05, 0.1) is 19.8 Å². The fraction of sp³-hybridized carbons (Fsp3) is 1.00. The Balaban J connectivity index is 0. The molecule has 0 saturated carbocycles. The van der Waals surface area contributed by atoms with Crippen LogP contribution in [0.5, 0.6) is 0 Å². The molecule has 3 heteroatoms. The molecule has 0 atom stereocenters. The summed E-state index contributed by atoms with van der Waals surface area (Å²) in [4.78, 5) is 0. The molecule has 0 aliphatic rings. The Labute approximate surface area is 108 Å². The van der Waals surface area contributed by atoms with Crippen LogP contribution < -0.4 is 5.32 Å². The van der Waals surface area contributed by atoms with Gasteiger partial charge in [-0.05, 0) is 18.9 Å². The van der Waals surface area contributed by atoms with Crippen molar-refractivity contribution in [1.29, 1.82) is 0 Å². The number of unbranched alkanes of at least 4 members (excludes halogenated alkanes) is 1. The number of nitrogens with one attached hydrogen (secondary N) is 1. The van der Waals surface area contributed by atoms with E-state index in [0.717, 1.165) is 39.3 Å². The number of ether oxygens (including phenoxy) is 2. The van der Waals surface area contributed by atoms with Gasteiger partial charge in [0.25, 0.3) is 0 Å². The minimum Gasteiger partial charge on any atom is -0.379 e. The summed E-state index contributed by atoms with van der Waals surface area (Å²) >= 11 is 0. The van der Waals surface area contributed by atoms with Crippen LogP contribution in [0.3, 0.4) is 0 Å². The van der Waals surface area contributed by atoms with Crippen LogP contribution in [0.4, 0.5) is 0 Å². The second-order valence-electron chi connectivity index (χ2n) is 4.18. The van der Waals surface area contributed by atoms with Crippen LogP contribution in [0.1, 0.15) is 47.5 Å². The Bertz CT molecular complexity index is 119. The lowest BCUT2D eigenvalue weighted by molar-refractivity contribution is 0.0477. The molecule has 0 heterocycles. The van der Waals surface area contributed by atoms with Crippen LogP contribution in [0.2, 0.25) is 0 Å². The molecule has 0 aliphatic carbocycles. The zero-order valence-electron chi connectivity index (χ0n) is 12.6. The molecule has 17 heavy (non-hydrogen) atoms. The lowest BCUT2D eigenvalue weighted by Crippen LogP contribution is -2.24. The molecular weight excluding hydrogens is 214 g/mol. The van der Waals surface area contributed by atoms with E-state index in [1.54, 1.807) is 0 Å². The molecule has 0 spiro atoms. The Morgan fingerprint density at radius 1 is 0.941 bits per heavy atom. The molecule has 0 amide bonds. The highest BCUT2D eigenvalue weighted by Crippen LogP contribution is 1.88. The summed E-state index contributed by atoms with van der Waals surface area (Å²) in [6.45, 7) is 15.7. The van der Waals surface area contributed by atoms with Gasteiger partial charge in [-0.2, -0.15) is 0 Å². The quantitative estimate of drug-likeness (QED) is 0.569. The maximum absolute atomic E-state index is 5.41. The number of hydrogen-bond donors (Lipinski definition) is 1. The van der Waals surface area contributed by atoms with Crippen molar-refractivity contribution < 1.29 is 9.47 Å². The Morgan fingerprint density at radius 3 is 2.06 bits per heavy atom. The van der Waals surface area contributed by atoms with Gasteiger partial charge in [-0.15, -0.1) is 0 Å². The fourth-order valence-corrected chi connectivity index (χ4v) is 1.10. The monoisotopic (exact) mass is 247 g/mol. The molecule has 0 saturated heterocycles. The summed E-state index contributed by atoms with van der Waals surface area (Å²) in [5, 5.41) is 3.33. The summed E-state index contributed by atoms with van der Waals surface area (Å²) in [7, 11) is 0. The van der Waals surface area contributed by atoms with Gasteiger partial charge >= 0.3 is 0 Å². The largest absolute Gasteiger partial charge is 0.379 e. The Morgan fingerprint density at radius 2 is 1.53 bits per heavy atom. The molecular formula is C14H33NO2. The van der Waals surface area contributed by atoms with Crippen molar-refractivity contribution in [2.24, 2.45) is 5.92 Å². The van der Waals surface area contributed by atoms with Crippen molar-refractivity contribution in [3.63, 3.8) is 0 Å². The fourth-order valence-electron chi connectivity index (χ4n) is 1.10. The highest BCUT2D eigenvalue weighted by Gasteiger charge is 1.93. The lowest BCUT2D eigenvalue weighted by Gasteiger charge is -2.08. The van der Waals surface area contributed by atoms with E-state index in [4.69, 9.17) is 9.47 Å². The standard InChI is InChI=1S/C12H27NO2.C2H6/c1-4-5-7-14-9-10-15-8-6-13-11-12(2)3;1-2/h12-13H,4-11H2,1-3H3;1-2H3. The van der Waals surface area contributed by atoms with Crippen LogP contribution in [-0.4, -0.2) is 39.5 Å². The number of rotatable bonds is 11. The maximum atomic E-state index is 5.41. The highest BCUT2D eigenvalue weighted by molar-refractivity contribution is 4.49. The van der Waals surface area contributed by atoms with Crippen molar-refractivity contribution in [3.05, 3.63) is 0 Å². The first-order valence-electron chi connectivity index (χ1n) is 7.13. The third-order valence-corrected chi connectivity index (χ3v) is 1.99. The first-order valence-corrected chi connectivity index (χ1v) is 7.13. The molecule has 0 aromatic heterocycles. The zero-order chi connectivity index (χ0) is 13.4. The average Bonchev–Trinajstić information content (AvgIpc) is 2.34. The van der Waals surface area contributed by atoms with Crippen LogP contribution in [0, 0.1) is 5.92 Å². The first-order chi connectivity index (χ1) is 8.27. The predicted octanol–water partition coefficient (Wildman–Crippen LogP) is 3.09. The van der Waals surface area contributed by atoms with Gasteiger partial charge < -0.3 is 14.8 Å². The van der Waals surface area contributed by atoms with E-state index in [1.807, 2.05) is 13.8 Å². The van der Waals surface area contributed by atoms with Crippen molar-refractivity contribution in [2.45, 2.75) is 47.5 Å². The summed E-state index contributed by atoms with van der Waals surface area (Å²) < 4.78 is 10.8. The van der Waals surface area contributed by atoms with E-state index in [1.165, 1.54) is 6.42 Å². The summed E-state index contributed by atoms with van der Waals surface area (Å²) in [6.07, 6.45) is 2.34. The molecule has 106 valence electrons. The Kier molecular flexibility index (Phi) is 20.6. The zero-order valence-corrected chi connectivity index (χ0v) is 12.6. The molecule has 0 aliphatic heterocycles. The van der Waals surface area contributed by atoms with Crippen LogP contribution in [0.15, 0.2) is 0 Å². The number of hydrogen-bond acceptors (Lipinski definition) is 3. The molecule has 0 aromatic carbocycles. The van der Waals surface area contributed by atoms with Crippen molar-refractivity contribution >= 4 is 0 Å². The molecule has 3 nitrogen and oxygen atoms in total. The van der Waals surface area contributed by atoms with E-state index in [-0.39, 0.29) is 0 Å². The highest BCUT2D eigenvalue weighted by atomic mass is 16.5. The van der Waals surface area contributed by atoms with Crippen LogP contribution in [-0.2, 0) is 9.47 Å². The second-order valence-corrected chi connectivity index (χ2v) is 4.18. The average molecular weight is 247 g/mol. The van der Waals surface area contributed by atoms with Crippen molar-refractivity contribution in [3.8, 4) is 0 Å². The molecule has 0 radical (unpaired) electrons. The van der Waals surface area contributed by atoms with Gasteiger partial charge in [0.1, 0.15) is 0 Å². The maximum Gasteiger partial charge on any atom is 0.0701 e. The lowest BCUT2D eigenvalue weighted by atomic mass is 10.2. The van der Waals surface area contributed by atoms with E-state index in [0.29, 0.717) is 12.5 Å². The summed E-state index contributed by atoms with van der Waals surface area (Å²) in [5.74, 6) is 0.711. The molecule has 0 aromatic rings. The second kappa shape index (κ2) is 18.3. The normalized spacial score (nSPS) is 10.2.